The van der Waals surface area contributed by atoms with E-state index in [2.05, 4.69) is 4.99 Å². The quantitative estimate of drug-likeness (QED) is 0.608. The largest absolute Gasteiger partial charge is 0.370 e. The molecule has 2 rings (SSSR count). The maximum absolute atomic E-state index is 12.0. The summed E-state index contributed by atoms with van der Waals surface area (Å²) in [5, 5.41) is 1.15. The van der Waals surface area contributed by atoms with Crippen LogP contribution in [0.2, 0.25) is 0 Å². The van der Waals surface area contributed by atoms with Crippen LogP contribution in [-0.4, -0.2) is 20.3 Å². The SMILES string of the molecule is CCc1cc2c(cc1C(=O)N=C(N)N)S(=O)(=O)C=CC2. The highest BCUT2D eigenvalue weighted by molar-refractivity contribution is 7.94. The molecule has 0 radical (unpaired) electrons. The van der Waals surface area contributed by atoms with Crippen molar-refractivity contribution in [3.8, 4) is 0 Å². The van der Waals surface area contributed by atoms with Crippen LogP contribution in [0.25, 0.3) is 0 Å². The Bertz CT molecular complexity index is 729. The van der Waals surface area contributed by atoms with Crippen molar-refractivity contribution < 1.29 is 13.2 Å². The van der Waals surface area contributed by atoms with Gasteiger partial charge in [-0.2, -0.15) is 4.99 Å². The molecule has 0 aromatic heterocycles. The topological polar surface area (TPSA) is 116 Å². The Balaban J connectivity index is 2.66. The van der Waals surface area contributed by atoms with Crippen LogP contribution in [0.5, 0.6) is 0 Å². The maximum Gasteiger partial charge on any atom is 0.280 e. The third-order valence-corrected chi connectivity index (χ3v) is 4.59. The van der Waals surface area contributed by atoms with Crippen molar-refractivity contribution >= 4 is 21.7 Å². The van der Waals surface area contributed by atoms with Gasteiger partial charge in [-0.1, -0.05) is 19.1 Å². The van der Waals surface area contributed by atoms with Crippen molar-refractivity contribution in [1.82, 2.24) is 0 Å². The summed E-state index contributed by atoms with van der Waals surface area (Å²) in [6, 6.07) is 3.09. The molecule has 1 aromatic rings. The normalized spacial score (nSPS) is 15.4. The second kappa shape index (κ2) is 5.09. The summed E-state index contributed by atoms with van der Waals surface area (Å²) in [6.45, 7) is 1.88. The van der Waals surface area contributed by atoms with Gasteiger partial charge in [0.2, 0.25) is 0 Å². The number of allylic oxidation sites excluding steroid dienone is 1. The fourth-order valence-corrected chi connectivity index (χ4v) is 3.43. The third kappa shape index (κ3) is 2.57. The van der Waals surface area contributed by atoms with E-state index in [1.54, 1.807) is 12.1 Å². The number of aliphatic imine (C=N–C) groups is 1. The van der Waals surface area contributed by atoms with E-state index < -0.39 is 15.7 Å². The number of carbonyl (C=O) groups is 1. The Morgan fingerprint density at radius 1 is 1.35 bits per heavy atom. The molecular weight excluding hydrogens is 278 g/mol. The molecule has 1 heterocycles. The number of rotatable bonds is 2. The van der Waals surface area contributed by atoms with Crippen LogP contribution in [0, 0.1) is 0 Å². The zero-order chi connectivity index (χ0) is 14.9. The molecular formula is C13H15N3O3S. The first kappa shape index (κ1) is 14.3. The van der Waals surface area contributed by atoms with E-state index >= 15 is 0 Å². The number of nitrogens with two attached hydrogens (primary N) is 2. The Morgan fingerprint density at radius 2 is 2.05 bits per heavy atom. The summed E-state index contributed by atoms with van der Waals surface area (Å²) in [7, 11) is -3.50. The van der Waals surface area contributed by atoms with Gasteiger partial charge < -0.3 is 11.5 Å². The van der Waals surface area contributed by atoms with E-state index in [1.807, 2.05) is 6.92 Å². The number of nitrogens with zero attached hydrogens (tertiary/aromatic N) is 1. The van der Waals surface area contributed by atoms with Gasteiger partial charge >= 0.3 is 0 Å². The van der Waals surface area contributed by atoms with Crippen LogP contribution in [0.1, 0.15) is 28.4 Å². The zero-order valence-electron chi connectivity index (χ0n) is 11.0. The summed E-state index contributed by atoms with van der Waals surface area (Å²) in [6.07, 6.45) is 2.70. The highest BCUT2D eigenvalue weighted by Crippen LogP contribution is 2.28. The molecule has 0 spiro atoms. The molecule has 0 atom stereocenters. The lowest BCUT2D eigenvalue weighted by molar-refractivity contribution is 0.100. The predicted molar refractivity (Wildman–Crippen MR) is 76.0 cm³/mol. The molecule has 4 N–H and O–H groups in total. The summed E-state index contributed by atoms with van der Waals surface area (Å²) < 4.78 is 24.0. The van der Waals surface area contributed by atoms with Gasteiger partial charge in [0.1, 0.15) is 0 Å². The minimum absolute atomic E-state index is 0.145. The highest BCUT2D eigenvalue weighted by atomic mass is 32.2. The Kier molecular flexibility index (Phi) is 3.63. The molecule has 0 unspecified atom stereocenters. The monoisotopic (exact) mass is 293 g/mol. The van der Waals surface area contributed by atoms with Crippen molar-refractivity contribution in [2.45, 2.75) is 24.7 Å². The van der Waals surface area contributed by atoms with Gasteiger partial charge in [0.05, 0.1) is 4.90 Å². The molecule has 0 aliphatic carbocycles. The van der Waals surface area contributed by atoms with Gasteiger partial charge in [-0.25, -0.2) is 8.42 Å². The Labute approximate surface area is 117 Å². The van der Waals surface area contributed by atoms with Crippen molar-refractivity contribution in [1.29, 1.82) is 0 Å². The van der Waals surface area contributed by atoms with E-state index in [4.69, 9.17) is 11.5 Å². The van der Waals surface area contributed by atoms with E-state index in [9.17, 15) is 13.2 Å². The fourth-order valence-electron chi connectivity index (χ4n) is 2.14. The number of hydrogen-bond donors (Lipinski definition) is 2. The van der Waals surface area contributed by atoms with Gasteiger partial charge in [0, 0.05) is 11.0 Å². The van der Waals surface area contributed by atoms with Gasteiger partial charge in [-0.15, -0.1) is 0 Å². The van der Waals surface area contributed by atoms with Crippen LogP contribution in [-0.2, 0) is 22.7 Å². The molecule has 1 aromatic carbocycles. The van der Waals surface area contributed by atoms with E-state index in [0.29, 0.717) is 18.4 Å². The van der Waals surface area contributed by atoms with Crippen molar-refractivity contribution in [3.63, 3.8) is 0 Å². The van der Waals surface area contributed by atoms with Gasteiger partial charge in [-0.3, -0.25) is 4.79 Å². The maximum atomic E-state index is 12.0. The molecule has 0 fully saturated rings. The molecule has 7 heteroatoms. The number of hydrogen-bond acceptors (Lipinski definition) is 3. The lowest BCUT2D eigenvalue weighted by atomic mass is 9.99. The number of benzene rings is 1. The minimum Gasteiger partial charge on any atom is -0.370 e. The lowest BCUT2D eigenvalue weighted by Gasteiger charge is -2.15. The second-order valence-corrected chi connectivity index (χ2v) is 6.24. The van der Waals surface area contributed by atoms with E-state index in [-0.39, 0.29) is 16.4 Å². The fraction of sp³-hybridized carbons (Fsp3) is 0.231. The van der Waals surface area contributed by atoms with Crippen molar-refractivity contribution in [2.24, 2.45) is 16.5 Å². The van der Waals surface area contributed by atoms with E-state index in [1.165, 1.54) is 6.07 Å². The molecule has 1 aliphatic heterocycles. The van der Waals surface area contributed by atoms with Gasteiger partial charge in [0.25, 0.3) is 5.91 Å². The Hall–Kier alpha value is -2.15. The molecule has 0 saturated carbocycles. The molecule has 20 heavy (non-hydrogen) atoms. The standard InChI is InChI=1S/C13H15N3O3S/c1-2-8-6-9-4-3-5-20(18,19)11(9)7-10(8)12(17)16-13(14)15/h3,5-7H,2,4H2,1H3,(H4,14,15,16,17). The molecule has 1 amide bonds. The summed E-state index contributed by atoms with van der Waals surface area (Å²) in [5.74, 6) is -0.980. The average molecular weight is 293 g/mol. The number of aryl methyl sites for hydroxylation is 1. The first-order chi connectivity index (χ1) is 9.35. The molecule has 6 nitrogen and oxygen atoms in total. The number of fused-ring (bicyclic) bond motifs is 1. The molecule has 0 saturated heterocycles. The number of guanidine groups is 1. The molecule has 106 valence electrons. The van der Waals surface area contributed by atoms with Crippen LogP contribution in [0.15, 0.2) is 33.5 Å². The average Bonchev–Trinajstić information content (AvgIpc) is 2.36. The smallest absolute Gasteiger partial charge is 0.280 e. The van der Waals surface area contributed by atoms with Crippen molar-refractivity contribution in [3.05, 3.63) is 40.3 Å². The highest BCUT2D eigenvalue weighted by Gasteiger charge is 2.23. The Morgan fingerprint density at radius 3 is 2.65 bits per heavy atom. The predicted octanol–water partition coefficient (Wildman–Crippen LogP) is 0.506. The lowest BCUT2D eigenvalue weighted by Crippen LogP contribution is -2.24. The number of sulfone groups is 1. The minimum atomic E-state index is -3.50. The van der Waals surface area contributed by atoms with Crippen LogP contribution < -0.4 is 11.5 Å². The van der Waals surface area contributed by atoms with Gasteiger partial charge in [0.15, 0.2) is 15.8 Å². The number of amides is 1. The third-order valence-electron chi connectivity index (χ3n) is 3.05. The van der Waals surface area contributed by atoms with Crippen LogP contribution in [0.3, 0.4) is 0 Å². The summed E-state index contributed by atoms with van der Waals surface area (Å²) in [5.41, 5.74) is 12.0. The summed E-state index contributed by atoms with van der Waals surface area (Å²) in [4.78, 5) is 15.6. The molecule has 1 aliphatic rings. The molecule has 0 bridgehead atoms. The van der Waals surface area contributed by atoms with E-state index in [0.717, 1.165) is 11.0 Å². The first-order valence-electron chi connectivity index (χ1n) is 6.06. The first-order valence-corrected chi connectivity index (χ1v) is 7.61. The second-order valence-electron chi connectivity index (χ2n) is 4.43. The number of carbonyl (C=O) groups excluding carboxylic acids is 1. The van der Waals surface area contributed by atoms with Crippen molar-refractivity contribution in [2.75, 3.05) is 0 Å². The van der Waals surface area contributed by atoms with Gasteiger partial charge in [-0.05, 0) is 30.0 Å². The van der Waals surface area contributed by atoms with Crippen LogP contribution >= 0.6 is 0 Å². The van der Waals surface area contributed by atoms with Crippen LogP contribution in [0.4, 0.5) is 0 Å². The summed E-state index contributed by atoms with van der Waals surface area (Å²) >= 11 is 0. The zero-order valence-corrected chi connectivity index (χ0v) is 11.8.